The summed E-state index contributed by atoms with van der Waals surface area (Å²) in [6.07, 6.45) is 1.74. The minimum Gasteiger partial charge on any atom is -0.456 e. The first-order valence-corrected chi connectivity index (χ1v) is 9.04. The minimum atomic E-state index is 0.141. The number of benzene rings is 2. The van der Waals surface area contributed by atoms with Gasteiger partial charge in [-0.05, 0) is 64.7 Å². The quantitative estimate of drug-likeness (QED) is 0.569. The predicted octanol–water partition coefficient (Wildman–Crippen LogP) is 6.05. The van der Waals surface area contributed by atoms with Gasteiger partial charge in [0.15, 0.2) is 0 Å². The molecule has 2 aromatic carbocycles. The van der Waals surface area contributed by atoms with Crippen molar-refractivity contribution >= 4 is 47.8 Å². The van der Waals surface area contributed by atoms with E-state index in [0.29, 0.717) is 0 Å². The summed E-state index contributed by atoms with van der Waals surface area (Å²) in [5, 5.41) is 0. The van der Waals surface area contributed by atoms with E-state index >= 15 is 0 Å². The van der Waals surface area contributed by atoms with E-state index in [-0.39, 0.29) is 6.04 Å². The molecule has 0 aromatic heterocycles. The second-order valence-corrected chi connectivity index (χ2v) is 7.49. The molecule has 0 aliphatic rings. The lowest BCUT2D eigenvalue weighted by molar-refractivity contribution is 0.469. The Labute approximate surface area is 150 Å². The molecule has 0 amide bonds. The van der Waals surface area contributed by atoms with Crippen molar-refractivity contribution in [3.63, 3.8) is 0 Å². The van der Waals surface area contributed by atoms with E-state index in [4.69, 9.17) is 10.5 Å². The third kappa shape index (κ3) is 4.81. The highest BCUT2D eigenvalue weighted by Gasteiger charge is 2.11. The van der Waals surface area contributed by atoms with E-state index in [2.05, 4.69) is 60.8 Å². The van der Waals surface area contributed by atoms with Crippen LogP contribution < -0.4 is 10.5 Å². The first-order chi connectivity index (χ1) is 9.99. The molecule has 0 spiro atoms. The van der Waals surface area contributed by atoms with Crippen LogP contribution in [0, 0.1) is 0 Å². The summed E-state index contributed by atoms with van der Waals surface area (Å²) in [5.41, 5.74) is 7.19. The van der Waals surface area contributed by atoms with Crippen LogP contribution in [0.1, 0.15) is 18.9 Å². The molecule has 0 radical (unpaired) electrons. The Bertz CT molecular complexity index is 631. The Kier molecular flexibility index (Phi) is 6.29. The van der Waals surface area contributed by atoms with Gasteiger partial charge in [-0.1, -0.05) is 44.8 Å². The molecule has 0 heterocycles. The summed E-state index contributed by atoms with van der Waals surface area (Å²) < 4.78 is 8.96. The van der Waals surface area contributed by atoms with Gasteiger partial charge in [-0.25, -0.2) is 0 Å². The summed E-state index contributed by atoms with van der Waals surface area (Å²) in [5.74, 6) is 1.61. The van der Waals surface area contributed by atoms with Crippen molar-refractivity contribution in [1.82, 2.24) is 0 Å². The van der Waals surface area contributed by atoms with Crippen LogP contribution in [0.15, 0.2) is 49.8 Å². The molecule has 0 aliphatic carbocycles. The smallest absolute Gasteiger partial charge is 0.141 e. The van der Waals surface area contributed by atoms with Crippen LogP contribution in [0.4, 0.5) is 0 Å². The second-order valence-electron chi connectivity index (χ2n) is 4.80. The highest BCUT2D eigenvalue weighted by molar-refractivity contribution is 9.11. The van der Waals surface area contributed by atoms with E-state index in [0.717, 1.165) is 43.3 Å². The molecule has 0 saturated heterocycles. The van der Waals surface area contributed by atoms with Crippen LogP contribution in [0.5, 0.6) is 11.5 Å². The number of rotatable bonds is 5. The third-order valence-corrected chi connectivity index (χ3v) is 4.76. The molecule has 0 fully saturated rings. The molecule has 112 valence electrons. The summed E-state index contributed by atoms with van der Waals surface area (Å²) >= 11 is 10.5. The van der Waals surface area contributed by atoms with Gasteiger partial charge in [-0.2, -0.15) is 0 Å². The van der Waals surface area contributed by atoms with Gasteiger partial charge >= 0.3 is 0 Å². The Morgan fingerprint density at radius 1 is 1.00 bits per heavy atom. The van der Waals surface area contributed by atoms with Crippen molar-refractivity contribution < 1.29 is 4.74 Å². The van der Waals surface area contributed by atoms with Crippen LogP contribution in [-0.2, 0) is 6.42 Å². The van der Waals surface area contributed by atoms with E-state index in [1.807, 2.05) is 30.3 Å². The lowest BCUT2D eigenvalue weighted by atomic mass is 10.0. The molecule has 0 saturated carbocycles. The molecule has 5 heteroatoms. The van der Waals surface area contributed by atoms with E-state index in [1.165, 1.54) is 0 Å². The summed E-state index contributed by atoms with van der Waals surface area (Å²) in [7, 11) is 0. The fourth-order valence-corrected chi connectivity index (χ4v) is 3.36. The first-order valence-electron chi connectivity index (χ1n) is 6.66. The van der Waals surface area contributed by atoms with Crippen molar-refractivity contribution in [2.45, 2.75) is 25.8 Å². The van der Waals surface area contributed by atoms with E-state index in [1.54, 1.807) is 0 Å². The van der Waals surface area contributed by atoms with Crippen molar-refractivity contribution in [1.29, 1.82) is 0 Å². The van der Waals surface area contributed by atoms with Crippen molar-refractivity contribution in [2.24, 2.45) is 5.73 Å². The van der Waals surface area contributed by atoms with Crippen molar-refractivity contribution in [2.75, 3.05) is 0 Å². The molecule has 0 bridgehead atoms. The fraction of sp³-hybridized carbons (Fsp3) is 0.250. The molecule has 2 aromatic rings. The fourth-order valence-electron chi connectivity index (χ4n) is 1.90. The van der Waals surface area contributed by atoms with Gasteiger partial charge < -0.3 is 10.5 Å². The van der Waals surface area contributed by atoms with Gasteiger partial charge in [0.25, 0.3) is 0 Å². The predicted molar refractivity (Wildman–Crippen MR) is 98.0 cm³/mol. The molecule has 2 N–H and O–H groups in total. The third-order valence-electron chi connectivity index (χ3n) is 3.15. The maximum Gasteiger partial charge on any atom is 0.141 e. The van der Waals surface area contributed by atoms with Crippen LogP contribution >= 0.6 is 47.8 Å². The highest BCUT2D eigenvalue weighted by atomic mass is 79.9. The largest absolute Gasteiger partial charge is 0.456 e. The van der Waals surface area contributed by atoms with Gasteiger partial charge in [-0.3, -0.25) is 0 Å². The average molecular weight is 478 g/mol. The minimum absolute atomic E-state index is 0.141. The van der Waals surface area contributed by atoms with E-state index in [9.17, 15) is 0 Å². The van der Waals surface area contributed by atoms with Gasteiger partial charge in [0, 0.05) is 15.0 Å². The molecule has 2 rings (SSSR count). The molecule has 1 atom stereocenters. The number of halogens is 3. The van der Waals surface area contributed by atoms with Gasteiger partial charge in [0.2, 0.25) is 0 Å². The van der Waals surface area contributed by atoms with Crippen LogP contribution in [0.25, 0.3) is 0 Å². The average Bonchev–Trinajstić information content (AvgIpc) is 2.44. The Morgan fingerprint density at radius 2 is 1.67 bits per heavy atom. The van der Waals surface area contributed by atoms with E-state index < -0.39 is 0 Å². The van der Waals surface area contributed by atoms with Crippen LogP contribution in [-0.4, -0.2) is 6.04 Å². The molecular weight excluding hydrogens is 462 g/mol. The Balaban J connectivity index is 2.31. The lowest BCUT2D eigenvalue weighted by Crippen LogP contribution is -2.21. The molecule has 0 aliphatic heterocycles. The number of ether oxygens (including phenoxy) is 1. The molecular formula is C16H16Br3NO. The van der Waals surface area contributed by atoms with Gasteiger partial charge in [-0.15, -0.1) is 0 Å². The summed E-state index contributed by atoms with van der Waals surface area (Å²) in [6.45, 7) is 2.09. The summed E-state index contributed by atoms with van der Waals surface area (Å²) in [6, 6.07) is 12.0. The zero-order valence-electron chi connectivity index (χ0n) is 11.6. The Hall–Kier alpha value is -0.360. The number of hydrogen-bond acceptors (Lipinski definition) is 2. The second kappa shape index (κ2) is 7.77. The Morgan fingerprint density at radius 3 is 2.33 bits per heavy atom. The van der Waals surface area contributed by atoms with Crippen molar-refractivity contribution in [3.8, 4) is 11.5 Å². The highest BCUT2D eigenvalue weighted by Crippen LogP contribution is 2.35. The topological polar surface area (TPSA) is 35.2 Å². The van der Waals surface area contributed by atoms with Crippen molar-refractivity contribution in [3.05, 3.63) is 55.4 Å². The maximum atomic E-state index is 6.07. The lowest BCUT2D eigenvalue weighted by Gasteiger charge is -2.15. The zero-order valence-corrected chi connectivity index (χ0v) is 16.3. The SMILES string of the molecule is CCC(N)Cc1ccc(Br)cc1Oc1ccc(Br)cc1Br. The first kappa shape index (κ1) is 17.0. The number of nitrogens with two attached hydrogens (primary N) is 1. The molecule has 2 nitrogen and oxygen atoms in total. The van der Waals surface area contributed by atoms with Crippen LogP contribution in [0.3, 0.4) is 0 Å². The number of hydrogen-bond donors (Lipinski definition) is 1. The normalized spacial score (nSPS) is 12.2. The summed E-state index contributed by atoms with van der Waals surface area (Å²) in [4.78, 5) is 0. The van der Waals surface area contributed by atoms with Gasteiger partial charge in [0.1, 0.15) is 11.5 Å². The van der Waals surface area contributed by atoms with Gasteiger partial charge in [0.05, 0.1) is 4.47 Å². The zero-order chi connectivity index (χ0) is 15.4. The standard InChI is InChI=1S/C16H16Br3NO/c1-2-13(20)7-10-3-4-12(18)9-16(10)21-15-6-5-11(17)8-14(15)19/h3-6,8-9,13H,2,7,20H2,1H3. The molecule has 21 heavy (non-hydrogen) atoms. The molecule has 1 unspecified atom stereocenters. The maximum absolute atomic E-state index is 6.07. The van der Waals surface area contributed by atoms with Crippen LogP contribution in [0.2, 0.25) is 0 Å². The monoisotopic (exact) mass is 475 g/mol.